The van der Waals surface area contributed by atoms with Crippen LogP contribution < -0.4 is 20.7 Å². The van der Waals surface area contributed by atoms with Crippen LogP contribution in [-0.4, -0.2) is 28.8 Å². The monoisotopic (exact) mass is 402 g/mol. The van der Waals surface area contributed by atoms with Crippen LogP contribution in [0.2, 0.25) is 5.15 Å². The predicted octanol–water partition coefficient (Wildman–Crippen LogP) is 2.66. The van der Waals surface area contributed by atoms with Gasteiger partial charge in [0.15, 0.2) is 6.10 Å². The highest BCUT2D eigenvalue weighted by molar-refractivity contribution is 6.39. The van der Waals surface area contributed by atoms with Crippen LogP contribution in [0.4, 0.5) is 11.5 Å². The van der Waals surface area contributed by atoms with Crippen molar-refractivity contribution in [1.29, 1.82) is 0 Å². The van der Waals surface area contributed by atoms with Crippen molar-refractivity contribution in [1.82, 2.24) is 10.3 Å². The van der Waals surface area contributed by atoms with E-state index in [1.165, 1.54) is 6.07 Å². The van der Waals surface area contributed by atoms with Crippen molar-refractivity contribution in [2.45, 2.75) is 32.4 Å². The number of ether oxygens (including phenoxy) is 1. The molecule has 2 aromatic rings. The van der Waals surface area contributed by atoms with E-state index < -0.39 is 24.0 Å². The molecule has 0 bridgehead atoms. The molecule has 3 rings (SSSR count). The number of rotatable bonds is 4. The number of carbonyl (C=O) groups excluding carboxylic acids is 3. The molecule has 0 saturated carbocycles. The lowest BCUT2D eigenvalue weighted by atomic mass is 10.1. The number of carbonyl (C=O) groups is 3. The van der Waals surface area contributed by atoms with Crippen LogP contribution in [0.25, 0.3) is 0 Å². The number of aromatic nitrogens is 1. The van der Waals surface area contributed by atoms with Crippen molar-refractivity contribution < 1.29 is 19.1 Å². The van der Waals surface area contributed by atoms with Gasteiger partial charge in [0.25, 0.3) is 5.91 Å². The third-order valence-corrected chi connectivity index (χ3v) is 4.42. The zero-order valence-electron chi connectivity index (χ0n) is 15.3. The summed E-state index contributed by atoms with van der Waals surface area (Å²) in [5.41, 5.74) is 1.30. The van der Waals surface area contributed by atoms with Crippen molar-refractivity contribution in [2.24, 2.45) is 0 Å². The summed E-state index contributed by atoms with van der Waals surface area (Å²) in [6.45, 7) is 3.60. The Labute approximate surface area is 166 Å². The highest BCUT2D eigenvalue weighted by Crippen LogP contribution is 2.32. The molecule has 1 aliphatic heterocycles. The van der Waals surface area contributed by atoms with Gasteiger partial charge in [0.05, 0.1) is 11.7 Å². The first kappa shape index (κ1) is 19.6. The number of benzene rings is 1. The third-order valence-electron chi connectivity index (χ3n) is 4.21. The van der Waals surface area contributed by atoms with E-state index in [0.29, 0.717) is 17.9 Å². The Balaban J connectivity index is 1.66. The molecule has 2 heterocycles. The topological polar surface area (TPSA) is 109 Å². The molecule has 2 unspecified atom stereocenters. The van der Waals surface area contributed by atoms with Gasteiger partial charge in [-0.1, -0.05) is 30.7 Å². The molecule has 3 N–H and O–H groups in total. The van der Waals surface area contributed by atoms with E-state index in [9.17, 15) is 14.4 Å². The zero-order chi connectivity index (χ0) is 20.3. The second kappa shape index (κ2) is 8.26. The van der Waals surface area contributed by atoms with Crippen molar-refractivity contribution in [3.8, 4) is 5.75 Å². The molecule has 3 amide bonds. The van der Waals surface area contributed by atoms with Crippen LogP contribution in [0, 0.1) is 0 Å². The quantitative estimate of drug-likeness (QED) is 0.538. The van der Waals surface area contributed by atoms with Crippen LogP contribution in [0.15, 0.2) is 36.4 Å². The Kier molecular flexibility index (Phi) is 5.79. The number of hydrogen-bond acceptors (Lipinski definition) is 5. The fraction of sp³-hybridized carbons (Fsp3) is 0.263. The van der Waals surface area contributed by atoms with Crippen LogP contribution in [0.5, 0.6) is 5.75 Å². The third kappa shape index (κ3) is 4.40. The average Bonchev–Trinajstić information content (AvgIpc) is 2.66. The van der Waals surface area contributed by atoms with E-state index in [0.717, 1.165) is 5.56 Å². The molecular formula is C19H19ClN4O4. The largest absolute Gasteiger partial charge is 0.478 e. The molecule has 9 heteroatoms. The van der Waals surface area contributed by atoms with Crippen LogP contribution in [0.1, 0.15) is 31.9 Å². The minimum atomic E-state index is -0.853. The van der Waals surface area contributed by atoms with Crippen LogP contribution >= 0.6 is 11.6 Å². The molecule has 8 nitrogen and oxygen atoms in total. The molecule has 0 saturated heterocycles. The molecule has 0 aliphatic carbocycles. The number of nitrogens with one attached hydrogen (secondary N) is 3. The maximum atomic E-state index is 12.2. The van der Waals surface area contributed by atoms with E-state index >= 15 is 0 Å². The summed E-state index contributed by atoms with van der Waals surface area (Å²) >= 11 is 5.76. The second-order valence-corrected chi connectivity index (χ2v) is 6.64. The molecular weight excluding hydrogens is 384 g/mol. The number of nitrogens with zero attached hydrogens (tertiary/aromatic N) is 1. The van der Waals surface area contributed by atoms with Crippen molar-refractivity contribution in [3.63, 3.8) is 0 Å². The molecule has 1 aromatic heterocycles. The zero-order valence-corrected chi connectivity index (χ0v) is 16.0. The Hall–Kier alpha value is -3.13. The summed E-state index contributed by atoms with van der Waals surface area (Å²) in [5.74, 6) is -1.14. The van der Waals surface area contributed by atoms with E-state index in [-0.39, 0.29) is 16.9 Å². The molecule has 28 heavy (non-hydrogen) atoms. The van der Waals surface area contributed by atoms with Crippen molar-refractivity contribution in [2.75, 3.05) is 10.6 Å². The lowest BCUT2D eigenvalue weighted by Gasteiger charge is -2.26. The van der Waals surface area contributed by atoms with Gasteiger partial charge in [0, 0.05) is 0 Å². The SMILES string of the molecule is CCC1Oc2cc(C(C)NC(=O)C(=O)Nc3cccc(Cl)n3)ccc2NC1=O. The van der Waals surface area contributed by atoms with E-state index in [1.54, 1.807) is 37.3 Å². The Morgan fingerprint density at radius 2 is 2.07 bits per heavy atom. The van der Waals surface area contributed by atoms with Gasteiger partial charge in [-0.2, -0.15) is 0 Å². The maximum absolute atomic E-state index is 12.2. The minimum Gasteiger partial charge on any atom is -0.478 e. The summed E-state index contributed by atoms with van der Waals surface area (Å²) in [7, 11) is 0. The molecule has 0 radical (unpaired) electrons. The van der Waals surface area contributed by atoms with E-state index in [2.05, 4.69) is 20.9 Å². The van der Waals surface area contributed by atoms with Gasteiger partial charge < -0.3 is 20.7 Å². The molecule has 0 fully saturated rings. The summed E-state index contributed by atoms with van der Waals surface area (Å²) in [6, 6.07) is 9.42. The van der Waals surface area contributed by atoms with E-state index in [1.807, 2.05) is 6.92 Å². The van der Waals surface area contributed by atoms with Gasteiger partial charge in [-0.15, -0.1) is 0 Å². The first-order valence-corrected chi connectivity index (χ1v) is 9.11. The van der Waals surface area contributed by atoms with Gasteiger partial charge in [-0.3, -0.25) is 14.4 Å². The smallest absolute Gasteiger partial charge is 0.314 e. The number of pyridine rings is 1. The number of halogens is 1. The van der Waals surface area contributed by atoms with E-state index in [4.69, 9.17) is 16.3 Å². The molecule has 0 spiro atoms. The molecule has 1 aromatic carbocycles. The van der Waals surface area contributed by atoms with Gasteiger partial charge in [-0.05, 0) is 43.2 Å². The van der Waals surface area contributed by atoms with Crippen molar-refractivity contribution in [3.05, 3.63) is 47.1 Å². The number of anilines is 2. The first-order valence-electron chi connectivity index (χ1n) is 8.73. The Morgan fingerprint density at radius 3 is 2.79 bits per heavy atom. The summed E-state index contributed by atoms with van der Waals surface area (Å²) < 4.78 is 5.70. The summed E-state index contributed by atoms with van der Waals surface area (Å²) in [4.78, 5) is 40.0. The lowest BCUT2D eigenvalue weighted by Crippen LogP contribution is -2.37. The molecule has 146 valence electrons. The van der Waals surface area contributed by atoms with Gasteiger partial charge in [0.1, 0.15) is 16.7 Å². The van der Waals surface area contributed by atoms with Crippen LogP contribution in [-0.2, 0) is 14.4 Å². The number of amides is 3. The van der Waals surface area contributed by atoms with Crippen LogP contribution in [0.3, 0.4) is 0 Å². The van der Waals surface area contributed by atoms with Crippen molar-refractivity contribution >= 4 is 40.8 Å². The van der Waals surface area contributed by atoms with Gasteiger partial charge in [-0.25, -0.2) is 4.98 Å². The Bertz CT molecular complexity index is 934. The predicted molar refractivity (Wildman–Crippen MR) is 104 cm³/mol. The maximum Gasteiger partial charge on any atom is 0.314 e. The Morgan fingerprint density at radius 1 is 1.29 bits per heavy atom. The lowest BCUT2D eigenvalue weighted by molar-refractivity contribution is -0.136. The van der Waals surface area contributed by atoms with Gasteiger partial charge >= 0.3 is 11.8 Å². The first-order chi connectivity index (χ1) is 13.4. The highest BCUT2D eigenvalue weighted by atomic mass is 35.5. The fourth-order valence-electron chi connectivity index (χ4n) is 2.69. The second-order valence-electron chi connectivity index (χ2n) is 6.25. The summed E-state index contributed by atoms with van der Waals surface area (Å²) in [5, 5.41) is 8.00. The standard InChI is InChI=1S/C19H19ClN4O4/c1-3-13-17(25)22-12-8-7-11(9-14(12)28-13)10(2)21-18(26)19(27)24-16-6-4-5-15(20)23-16/h4-10,13H,3H2,1-2H3,(H,21,26)(H,22,25)(H,23,24,27). The fourth-order valence-corrected chi connectivity index (χ4v) is 2.86. The number of fused-ring (bicyclic) bond motifs is 1. The average molecular weight is 403 g/mol. The minimum absolute atomic E-state index is 0.184. The normalized spacial score (nSPS) is 16.2. The number of hydrogen-bond donors (Lipinski definition) is 3. The highest BCUT2D eigenvalue weighted by Gasteiger charge is 2.27. The molecule has 2 atom stereocenters. The molecule has 1 aliphatic rings. The van der Waals surface area contributed by atoms with Gasteiger partial charge in [0.2, 0.25) is 0 Å². The summed E-state index contributed by atoms with van der Waals surface area (Å²) in [6.07, 6.45) is -0.0110.